The van der Waals surface area contributed by atoms with Gasteiger partial charge in [-0.05, 0) is 85.5 Å². The van der Waals surface area contributed by atoms with E-state index < -0.39 is 0 Å². The topological polar surface area (TPSA) is 12.0 Å². The van der Waals surface area contributed by atoms with Crippen LogP contribution in [0.25, 0.3) is 32.3 Å². The zero-order valence-electron chi connectivity index (χ0n) is 25.6. The zero-order chi connectivity index (χ0) is 28.9. The lowest BCUT2D eigenvalue weighted by Crippen LogP contribution is -2.10. The number of rotatable bonds is 4. The minimum Gasteiger partial charge on any atom is -0.354 e. The molecule has 0 aliphatic carbocycles. The van der Waals surface area contributed by atoms with Crippen LogP contribution in [0.5, 0.6) is 0 Å². The molecule has 2 heteroatoms. The van der Waals surface area contributed by atoms with Gasteiger partial charge >= 0.3 is 0 Å². The van der Waals surface area contributed by atoms with Crippen LogP contribution in [0.4, 0.5) is 11.4 Å². The van der Waals surface area contributed by atoms with Crippen LogP contribution in [0, 0.1) is 0 Å². The SMILES string of the molecule is CC(C)(C)c1ccc(-c2cc(Nc3csc4ccc(C(C)(C)C)cc34)cc(-c3ccc(C(C)(C)C)cc3)c2)cc1. The van der Waals surface area contributed by atoms with Crippen molar-refractivity contribution in [2.75, 3.05) is 5.32 Å². The van der Waals surface area contributed by atoms with E-state index in [0.717, 1.165) is 5.69 Å². The Kier molecular flexibility index (Phi) is 7.21. The van der Waals surface area contributed by atoms with Gasteiger partial charge in [0, 0.05) is 21.2 Å². The van der Waals surface area contributed by atoms with Gasteiger partial charge in [-0.25, -0.2) is 0 Å². The van der Waals surface area contributed by atoms with Crippen molar-refractivity contribution in [1.82, 2.24) is 0 Å². The van der Waals surface area contributed by atoms with Crippen LogP contribution in [0.15, 0.2) is 90.3 Å². The summed E-state index contributed by atoms with van der Waals surface area (Å²) >= 11 is 1.80. The highest BCUT2D eigenvalue weighted by Gasteiger charge is 2.17. The van der Waals surface area contributed by atoms with Crippen molar-refractivity contribution in [2.24, 2.45) is 0 Å². The molecule has 0 radical (unpaired) electrons. The Bertz CT molecular complexity index is 1550. The number of nitrogens with one attached hydrogen (secondary N) is 1. The Labute approximate surface area is 245 Å². The van der Waals surface area contributed by atoms with E-state index in [-0.39, 0.29) is 16.2 Å². The Hall–Kier alpha value is -3.36. The summed E-state index contributed by atoms with van der Waals surface area (Å²) in [5, 5.41) is 7.34. The first-order valence-electron chi connectivity index (χ1n) is 14.3. The molecule has 5 rings (SSSR count). The van der Waals surface area contributed by atoms with Gasteiger partial charge in [0.05, 0.1) is 5.69 Å². The van der Waals surface area contributed by atoms with Gasteiger partial charge in [-0.3, -0.25) is 0 Å². The molecule has 1 heterocycles. The van der Waals surface area contributed by atoms with Crippen LogP contribution >= 0.6 is 11.3 Å². The normalized spacial score (nSPS) is 12.6. The molecule has 0 aliphatic heterocycles. The molecule has 0 amide bonds. The Morgan fingerprint density at radius 1 is 0.475 bits per heavy atom. The summed E-state index contributed by atoms with van der Waals surface area (Å²) in [4.78, 5) is 0. The number of thiophene rings is 1. The molecule has 4 aromatic carbocycles. The third kappa shape index (κ3) is 6.03. The number of benzene rings is 4. The monoisotopic (exact) mass is 545 g/mol. The standard InChI is InChI=1S/C38H43NS/c1-36(2,3)29-14-10-25(11-15-29)27-20-28(26-12-16-30(17-13-26)37(4,5)6)22-32(21-27)39-34-24-40-35-19-18-31(23-33(34)35)38(7,8)9/h10-24,39H,1-9H3. The summed E-state index contributed by atoms with van der Waals surface area (Å²) < 4.78 is 1.31. The molecular formula is C38H43NS. The molecule has 1 N–H and O–H groups in total. The molecule has 206 valence electrons. The zero-order valence-corrected chi connectivity index (χ0v) is 26.4. The van der Waals surface area contributed by atoms with E-state index in [1.165, 1.54) is 54.7 Å². The summed E-state index contributed by atoms with van der Waals surface area (Å²) in [7, 11) is 0. The molecular weight excluding hydrogens is 502 g/mol. The molecule has 0 spiro atoms. The number of fused-ring (bicyclic) bond motifs is 1. The minimum absolute atomic E-state index is 0.110. The van der Waals surface area contributed by atoms with Gasteiger partial charge < -0.3 is 5.32 Å². The predicted octanol–water partition coefficient (Wildman–Crippen LogP) is 11.9. The van der Waals surface area contributed by atoms with E-state index in [0.29, 0.717) is 0 Å². The Morgan fingerprint density at radius 3 is 1.38 bits per heavy atom. The van der Waals surface area contributed by atoms with Crippen molar-refractivity contribution in [1.29, 1.82) is 0 Å². The average molecular weight is 546 g/mol. The molecule has 1 nitrogen and oxygen atoms in total. The third-order valence-corrected chi connectivity index (χ3v) is 8.78. The van der Waals surface area contributed by atoms with E-state index in [1.54, 1.807) is 11.3 Å². The first-order chi connectivity index (χ1) is 18.7. The molecule has 0 aliphatic rings. The van der Waals surface area contributed by atoms with E-state index >= 15 is 0 Å². The maximum absolute atomic E-state index is 3.81. The Balaban J connectivity index is 1.59. The maximum Gasteiger partial charge on any atom is 0.0573 e. The highest BCUT2D eigenvalue weighted by Crippen LogP contribution is 2.38. The van der Waals surface area contributed by atoms with Crippen LogP contribution < -0.4 is 5.32 Å². The van der Waals surface area contributed by atoms with Crippen molar-refractivity contribution in [3.05, 3.63) is 107 Å². The lowest BCUT2D eigenvalue weighted by Gasteiger charge is -2.20. The van der Waals surface area contributed by atoms with Crippen molar-refractivity contribution < 1.29 is 0 Å². The fraction of sp³-hybridized carbons (Fsp3) is 0.316. The summed E-state index contributed by atoms with van der Waals surface area (Å²) in [6, 6.07) is 31.9. The summed E-state index contributed by atoms with van der Waals surface area (Å²) in [5.74, 6) is 0. The van der Waals surface area contributed by atoms with Crippen LogP contribution in [0.3, 0.4) is 0 Å². The van der Waals surface area contributed by atoms with Gasteiger partial charge in [-0.2, -0.15) is 0 Å². The van der Waals surface area contributed by atoms with E-state index in [1.807, 2.05) is 0 Å². The average Bonchev–Trinajstić information content (AvgIpc) is 3.29. The fourth-order valence-corrected chi connectivity index (χ4v) is 5.98. The lowest BCUT2D eigenvalue weighted by molar-refractivity contribution is 0.590. The van der Waals surface area contributed by atoms with Crippen molar-refractivity contribution in [3.63, 3.8) is 0 Å². The smallest absolute Gasteiger partial charge is 0.0573 e. The van der Waals surface area contributed by atoms with Gasteiger partial charge in [0.25, 0.3) is 0 Å². The summed E-state index contributed by atoms with van der Waals surface area (Å²) in [5.41, 5.74) is 11.6. The van der Waals surface area contributed by atoms with Crippen molar-refractivity contribution in [2.45, 2.75) is 78.6 Å². The van der Waals surface area contributed by atoms with E-state index in [4.69, 9.17) is 0 Å². The van der Waals surface area contributed by atoms with Crippen LogP contribution in [0.2, 0.25) is 0 Å². The van der Waals surface area contributed by atoms with Gasteiger partial charge in [0.2, 0.25) is 0 Å². The third-order valence-electron chi connectivity index (χ3n) is 7.82. The molecule has 0 fully saturated rings. The molecule has 0 unspecified atom stereocenters. The number of hydrogen-bond acceptors (Lipinski definition) is 2. The second-order valence-corrected chi connectivity index (χ2v) is 15.1. The summed E-state index contributed by atoms with van der Waals surface area (Å²) in [6.45, 7) is 20.4. The van der Waals surface area contributed by atoms with E-state index in [9.17, 15) is 0 Å². The predicted molar refractivity (Wildman–Crippen MR) is 179 cm³/mol. The fourth-order valence-electron chi connectivity index (χ4n) is 5.11. The van der Waals surface area contributed by atoms with Gasteiger partial charge in [-0.15, -0.1) is 11.3 Å². The molecule has 0 bridgehead atoms. The van der Waals surface area contributed by atoms with Crippen LogP contribution in [-0.2, 0) is 16.2 Å². The Morgan fingerprint density at radius 2 is 0.925 bits per heavy atom. The number of hydrogen-bond donors (Lipinski definition) is 1. The van der Waals surface area contributed by atoms with Gasteiger partial charge in [0.1, 0.15) is 0 Å². The second kappa shape index (κ2) is 10.2. The minimum atomic E-state index is 0.110. The first-order valence-corrected chi connectivity index (χ1v) is 15.2. The van der Waals surface area contributed by atoms with Crippen LogP contribution in [-0.4, -0.2) is 0 Å². The molecule has 5 aromatic rings. The molecule has 1 aromatic heterocycles. The highest BCUT2D eigenvalue weighted by molar-refractivity contribution is 7.17. The van der Waals surface area contributed by atoms with Gasteiger partial charge in [0.15, 0.2) is 0 Å². The second-order valence-electron chi connectivity index (χ2n) is 14.2. The van der Waals surface area contributed by atoms with Crippen molar-refractivity contribution in [3.8, 4) is 22.3 Å². The molecule has 0 saturated carbocycles. The van der Waals surface area contributed by atoms with Gasteiger partial charge in [-0.1, -0.05) is 117 Å². The largest absolute Gasteiger partial charge is 0.354 e. The maximum atomic E-state index is 3.81. The molecule has 0 atom stereocenters. The van der Waals surface area contributed by atoms with E-state index in [2.05, 4.69) is 158 Å². The quantitative estimate of drug-likeness (QED) is 0.237. The van der Waals surface area contributed by atoms with Crippen LogP contribution in [0.1, 0.15) is 79.0 Å². The lowest BCUT2D eigenvalue weighted by atomic mass is 9.85. The molecule has 0 saturated heterocycles. The number of anilines is 2. The highest BCUT2D eigenvalue weighted by atomic mass is 32.1. The molecule has 40 heavy (non-hydrogen) atoms. The summed E-state index contributed by atoms with van der Waals surface area (Å²) in [6.07, 6.45) is 0. The first kappa shape index (κ1) is 28.2. The van der Waals surface area contributed by atoms with Crippen molar-refractivity contribution >= 4 is 32.8 Å².